The van der Waals surface area contributed by atoms with E-state index in [0.717, 1.165) is 29.7 Å². The molecule has 6 nitrogen and oxygen atoms in total. The van der Waals surface area contributed by atoms with E-state index in [1.165, 1.54) is 0 Å². The molecule has 0 saturated carbocycles. The first-order valence-electron chi connectivity index (χ1n) is 7.65. The molecular formula is C16H18BrClN4O2. The third-order valence-corrected chi connectivity index (χ3v) is 4.74. The van der Waals surface area contributed by atoms with Crippen LogP contribution in [0.4, 0.5) is 5.69 Å². The van der Waals surface area contributed by atoms with E-state index < -0.39 is 0 Å². The summed E-state index contributed by atoms with van der Waals surface area (Å²) in [6, 6.07) is 2.28. The molecule has 24 heavy (non-hydrogen) atoms. The monoisotopic (exact) mass is 412 g/mol. The molecule has 2 aromatic heterocycles. The predicted molar refractivity (Wildman–Crippen MR) is 95.9 cm³/mol. The SMILES string of the molecule is COc1cc(N2CC[C@@H](Oc3ncc(Br)cn3)[C@H](C)C2)c(Cl)cn1. The van der Waals surface area contributed by atoms with Crippen LogP contribution in [0.25, 0.3) is 0 Å². The Morgan fingerprint density at radius 2 is 2.00 bits per heavy atom. The largest absolute Gasteiger partial charge is 0.481 e. The summed E-state index contributed by atoms with van der Waals surface area (Å²) in [5.74, 6) is 0.866. The summed E-state index contributed by atoms with van der Waals surface area (Å²) in [6.45, 7) is 3.81. The molecule has 2 atom stereocenters. The average molecular weight is 414 g/mol. The van der Waals surface area contributed by atoms with Gasteiger partial charge in [0.1, 0.15) is 6.10 Å². The Morgan fingerprint density at radius 1 is 1.25 bits per heavy atom. The van der Waals surface area contributed by atoms with Crippen LogP contribution in [0.5, 0.6) is 11.9 Å². The van der Waals surface area contributed by atoms with Gasteiger partial charge in [-0.2, -0.15) is 0 Å². The number of anilines is 1. The number of pyridine rings is 1. The molecule has 3 rings (SSSR count). The summed E-state index contributed by atoms with van der Waals surface area (Å²) < 4.78 is 12.0. The second-order valence-corrected chi connectivity index (χ2v) is 7.05. The van der Waals surface area contributed by atoms with Gasteiger partial charge in [-0.25, -0.2) is 15.0 Å². The lowest BCUT2D eigenvalue weighted by atomic mass is 9.96. The Morgan fingerprint density at radius 3 is 2.67 bits per heavy atom. The van der Waals surface area contributed by atoms with Gasteiger partial charge in [0, 0.05) is 43.9 Å². The van der Waals surface area contributed by atoms with Crippen LogP contribution in [0.1, 0.15) is 13.3 Å². The van der Waals surface area contributed by atoms with Crippen LogP contribution in [-0.2, 0) is 0 Å². The van der Waals surface area contributed by atoms with E-state index in [1.807, 2.05) is 6.07 Å². The van der Waals surface area contributed by atoms with Crippen molar-refractivity contribution < 1.29 is 9.47 Å². The van der Waals surface area contributed by atoms with E-state index in [4.69, 9.17) is 21.1 Å². The van der Waals surface area contributed by atoms with E-state index in [1.54, 1.807) is 25.7 Å². The molecule has 3 heterocycles. The molecule has 2 aromatic rings. The Hall–Kier alpha value is -1.60. The zero-order valence-corrected chi connectivity index (χ0v) is 15.8. The number of methoxy groups -OCH3 is 1. The van der Waals surface area contributed by atoms with Gasteiger partial charge >= 0.3 is 6.01 Å². The molecule has 128 valence electrons. The Balaban J connectivity index is 1.68. The maximum Gasteiger partial charge on any atom is 0.316 e. The van der Waals surface area contributed by atoms with Gasteiger partial charge in [-0.1, -0.05) is 18.5 Å². The van der Waals surface area contributed by atoms with Crippen molar-refractivity contribution >= 4 is 33.2 Å². The molecule has 1 fully saturated rings. The van der Waals surface area contributed by atoms with Gasteiger partial charge in [0.25, 0.3) is 0 Å². The number of aromatic nitrogens is 3. The Kier molecular flexibility index (Phi) is 5.40. The van der Waals surface area contributed by atoms with Gasteiger partial charge in [0.05, 0.1) is 28.5 Å². The summed E-state index contributed by atoms with van der Waals surface area (Å²) in [6.07, 6.45) is 5.93. The molecule has 1 saturated heterocycles. The first-order chi connectivity index (χ1) is 11.6. The van der Waals surface area contributed by atoms with Crippen LogP contribution in [0.2, 0.25) is 5.02 Å². The molecule has 0 aromatic carbocycles. The average Bonchev–Trinajstić information content (AvgIpc) is 2.59. The van der Waals surface area contributed by atoms with Crippen LogP contribution < -0.4 is 14.4 Å². The maximum absolute atomic E-state index is 6.30. The van der Waals surface area contributed by atoms with E-state index in [2.05, 4.69) is 42.7 Å². The molecule has 1 aliphatic heterocycles. The minimum Gasteiger partial charge on any atom is -0.481 e. The first-order valence-corrected chi connectivity index (χ1v) is 8.82. The molecule has 8 heteroatoms. The maximum atomic E-state index is 6.30. The second-order valence-electron chi connectivity index (χ2n) is 5.73. The molecule has 0 radical (unpaired) electrons. The van der Waals surface area contributed by atoms with E-state index in [0.29, 0.717) is 22.8 Å². The van der Waals surface area contributed by atoms with Crippen LogP contribution >= 0.6 is 27.5 Å². The highest BCUT2D eigenvalue weighted by Crippen LogP contribution is 2.32. The van der Waals surface area contributed by atoms with Crippen LogP contribution in [-0.4, -0.2) is 41.3 Å². The third kappa shape index (κ3) is 3.89. The van der Waals surface area contributed by atoms with Gasteiger partial charge < -0.3 is 14.4 Å². The summed E-state index contributed by atoms with van der Waals surface area (Å²) in [5.41, 5.74) is 0.939. The number of hydrogen-bond acceptors (Lipinski definition) is 6. The van der Waals surface area contributed by atoms with Crippen LogP contribution in [0.3, 0.4) is 0 Å². The van der Waals surface area contributed by atoms with Crippen molar-refractivity contribution in [2.75, 3.05) is 25.1 Å². The fourth-order valence-electron chi connectivity index (χ4n) is 2.78. The molecule has 0 amide bonds. The van der Waals surface area contributed by atoms with Crippen LogP contribution in [0, 0.1) is 5.92 Å². The van der Waals surface area contributed by atoms with Crippen molar-refractivity contribution in [2.24, 2.45) is 5.92 Å². The summed E-state index contributed by atoms with van der Waals surface area (Å²) in [5, 5.41) is 0.624. The topological polar surface area (TPSA) is 60.4 Å². The van der Waals surface area contributed by atoms with Crippen molar-refractivity contribution in [2.45, 2.75) is 19.4 Å². The standard InChI is InChI=1S/C16H18BrClN4O2/c1-10-9-22(13-5-15(23-2)19-8-12(13)18)4-3-14(10)24-16-20-6-11(17)7-21-16/h5-8,10,14H,3-4,9H2,1-2H3/t10-,14-/m1/s1. The normalized spacial score (nSPS) is 20.8. The quantitative estimate of drug-likeness (QED) is 0.763. The second kappa shape index (κ2) is 7.53. The van der Waals surface area contributed by atoms with Gasteiger partial charge in [-0.05, 0) is 15.9 Å². The zero-order chi connectivity index (χ0) is 17.1. The highest BCUT2D eigenvalue weighted by Gasteiger charge is 2.29. The third-order valence-electron chi connectivity index (χ3n) is 4.04. The molecule has 0 N–H and O–H groups in total. The van der Waals surface area contributed by atoms with Gasteiger partial charge in [-0.3, -0.25) is 0 Å². The molecular weight excluding hydrogens is 396 g/mol. The minimum atomic E-state index is 0.0740. The van der Waals surface area contributed by atoms with Crippen molar-refractivity contribution in [3.8, 4) is 11.9 Å². The van der Waals surface area contributed by atoms with E-state index in [9.17, 15) is 0 Å². The van der Waals surface area contributed by atoms with E-state index >= 15 is 0 Å². The smallest absolute Gasteiger partial charge is 0.316 e. The molecule has 0 unspecified atom stereocenters. The lowest BCUT2D eigenvalue weighted by Gasteiger charge is -2.38. The van der Waals surface area contributed by atoms with Crippen molar-refractivity contribution in [1.82, 2.24) is 15.0 Å². The number of ether oxygens (including phenoxy) is 2. The Bertz CT molecular complexity index is 701. The lowest BCUT2D eigenvalue weighted by Crippen LogP contribution is -2.44. The molecule has 0 aliphatic carbocycles. The lowest BCUT2D eigenvalue weighted by molar-refractivity contribution is 0.110. The molecule has 1 aliphatic rings. The Labute approximate surface area is 154 Å². The number of rotatable bonds is 4. The molecule has 0 spiro atoms. The number of nitrogens with zero attached hydrogens (tertiary/aromatic N) is 4. The predicted octanol–water partition coefficient (Wildman–Crippen LogP) is 3.59. The first kappa shape index (κ1) is 17.2. The van der Waals surface area contributed by atoms with Gasteiger partial charge in [-0.15, -0.1) is 0 Å². The van der Waals surface area contributed by atoms with Crippen molar-refractivity contribution in [3.63, 3.8) is 0 Å². The highest BCUT2D eigenvalue weighted by atomic mass is 79.9. The number of piperidine rings is 1. The highest BCUT2D eigenvalue weighted by molar-refractivity contribution is 9.10. The zero-order valence-electron chi connectivity index (χ0n) is 13.4. The summed E-state index contributed by atoms with van der Waals surface area (Å²) in [4.78, 5) is 14.7. The van der Waals surface area contributed by atoms with Crippen LogP contribution in [0.15, 0.2) is 29.1 Å². The van der Waals surface area contributed by atoms with Gasteiger partial charge in [0.15, 0.2) is 0 Å². The number of hydrogen-bond donors (Lipinski definition) is 0. The van der Waals surface area contributed by atoms with Gasteiger partial charge in [0.2, 0.25) is 5.88 Å². The van der Waals surface area contributed by atoms with Crippen molar-refractivity contribution in [1.29, 1.82) is 0 Å². The number of halogens is 2. The fourth-order valence-corrected chi connectivity index (χ4v) is 3.21. The van der Waals surface area contributed by atoms with E-state index in [-0.39, 0.29) is 6.10 Å². The van der Waals surface area contributed by atoms with Crippen molar-refractivity contribution in [3.05, 3.63) is 34.2 Å². The minimum absolute atomic E-state index is 0.0740. The summed E-state index contributed by atoms with van der Waals surface area (Å²) >= 11 is 9.62. The summed E-state index contributed by atoms with van der Waals surface area (Å²) in [7, 11) is 1.60. The molecule has 0 bridgehead atoms. The fraction of sp³-hybridized carbons (Fsp3) is 0.438.